The first-order valence-corrected chi connectivity index (χ1v) is 9.79. The van der Waals surface area contributed by atoms with E-state index >= 15 is 0 Å². The van der Waals surface area contributed by atoms with Gasteiger partial charge in [-0.2, -0.15) is 0 Å². The van der Waals surface area contributed by atoms with Gasteiger partial charge in [0.15, 0.2) is 0 Å². The molecule has 20 heavy (non-hydrogen) atoms. The number of nitrogens with one attached hydrogen (secondary N) is 1. The molecule has 1 aromatic rings. The number of rotatable bonds is 5. The number of halogens is 1. The smallest absolute Gasteiger partial charge is 0.250 e. The summed E-state index contributed by atoms with van der Waals surface area (Å²) in [6, 6.07) is 1.72. The number of likely N-dealkylation sites (N-methyl/N-ethyl adjacent to an activating group) is 1. The number of nitrogens with zero attached hydrogens (tertiary/aromatic N) is 1. The van der Waals surface area contributed by atoms with E-state index < -0.39 is 10.0 Å². The van der Waals surface area contributed by atoms with Crippen molar-refractivity contribution in [1.29, 1.82) is 0 Å². The Morgan fingerprint density at radius 1 is 1.40 bits per heavy atom. The van der Waals surface area contributed by atoms with Crippen molar-refractivity contribution in [1.82, 2.24) is 9.62 Å². The second-order valence-electron chi connectivity index (χ2n) is 5.67. The second-order valence-corrected chi connectivity index (χ2v) is 10.0. The van der Waals surface area contributed by atoms with Crippen LogP contribution >= 0.6 is 27.3 Å². The van der Waals surface area contributed by atoms with Gasteiger partial charge in [0.1, 0.15) is 4.21 Å². The lowest BCUT2D eigenvalue weighted by atomic mass is 9.97. The molecule has 0 aromatic carbocycles. The van der Waals surface area contributed by atoms with E-state index in [1.165, 1.54) is 24.2 Å². The van der Waals surface area contributed by atoms with Crippen molar-refractivity contribution in [2.45, 2.75) is 42.4 Å². The highest BCUT2D eigenvalue weighted by molar-refractivity contribution is 9.11. The van der Waals surface area contributed by atoms with E-state index in [-0.39, 0.29) is 5.54 Å². The highest BCUT2D eigenvalue weighted by Gasteiger charge is 2.37. The third kappa shape index (κ3) is 3.27. The normalized spacial score (nSPS) is 18.9. The highest BCUT2D eigenvalue weighted by Crippen LogP contribution is 2.34. The molecule has 0 bridgehead atoms. The number of aryl methyl sites for hydroxylation is 1. The van der Waals surface area contributed by atoms with Crippen molar-refractivity contribution >= 4 is 37.3 Å². The fraction of sp³-hybridized carbons (Fsp3) is 0.692. The summed E-state index contributed by atoms with van der Waals surface area (Å²) in [6.45, 7) is 2.38. The Hall–Kier alpha value is 0.0500. The molecule has 1 aromatic heterocycles. The lowest BCUT2D eigenvalue weighted by Crippen LogP contribution is -2.50. The van der Waals surface area contributed by atoms with Crippen molar-refractivity contribution < 1.29 is 8.42 Å². The molecule has 0 spiro atoms. The molecule has 0 atom stereocenters. The Morgan fingerprint density at radius 2 is 2.00 bits per heavy atom. The van der Waals surface area contributed by atoms with Crippen LogP contribution in [0, 0.1) is 6.92 Å². The zero-order chi connectivity index (χ0) is 15.0. The summed E-state index contributed by atoms with van der Waals surface area (Å²) < 4.78 is 28.8. The average Bonchev–Trinajstić information content (AvgIpc) is 2.96. The monoisotopic (exact) mass is 380 g/mol. The van der Waals surface area contributed by atoms with E-state index in [9.17, 15) is 8.42 Å². The topological polar surface area (TPSA) is 49.4 Å². The summed E-state index contributed by atoms with van der Waals surface area (Å²) in [5.74, 6) is 0. The van der Waals surface area contributed by atoms with Gasteiger partial charge in [-0.1, -0.05) is 12.8 Å². The number of hydrogen-bond donors (Lipinski definition) is 1. The Kier molecular flexibility index (Phi) is 4.96. The minimum atomic E-state index is -3.41. The van der Waals surface area contributed by atoms with Crippen molar-refractivity contribution in [2.24, 2.45) is 0 Å². The Labute approximate surface area is 133 Å². The van der Waals surface area contributed by atoms with Gasteiger partial charge in [-0.25, -0.2) is 13.1 Å². The predicted octanol–water partition coefficient (Wildman–Crippen LogP) is 2.97. The molecule has 1 heterocycles. The van der Waals surface area contributed by atoms with Crippen molar-refractivity contribution in [3.63, 3.8) is 0 Å². The van der Waals surface area contributed by atoms with Crippen molar-refractivity contribution in [2.75, 3.05) is 20.6 Å². The quantitative estimate of drug-likeness (QED) is 0.853. The van der Waals surface area contributed by atoms with Gasteiger partial charge in [-0.05, 0) is 61.4 Å². The summed E-state index contributed by atoms with van der Waals surface area (Å²) in [7, 11) is 0.657. The molecular weight excluding hydrogens is 360 g/mol. The standard InChI is InChI=1S/C13H21BrN2O2S2/c1-10-8-11(19-12(10)14)20(17,18)15-9-13(16(2)3)6-4-5-7-13/h8,15H,4-7,9H2,1-3H3. The fourth-order valence-electron chi connectivity index (χ4n) is 2.68. The molecule has 7 heteroatoms. The molecule has 0 unspecified atom stereocenters. The van der Waals surface area contributed by atoms with Gasteiger partial charge < -0.3 is 4.90 Å². The van der Waals surface area contributed by atoms with E-state index in [1.807, 2.05) is 21.0 Å². The summed E-state index contributed by atoms with van der Waals surface area (Å²) in [5.41, 5.74) is 0.926. The molecule has 1 aliphatic carbocycles. The molecule has 114 valence electrons. The van der Waals surface area contributed by atoms with Crippen LogP contribution in [0.25, 0.3) is 0 Å². The van der Waals surface area contributed by atoms with E-state index in [0.717, 1.165) is 22.2 Å². The van der Waals surface area contributed by atoms with Gasteiger partial charge in [0.2, 0.25) is 10.0 Å². The summed E-state index contributed by atoms with van der Waals surface area (Å²) >= 11 is 4.64. The Bertz CT molecular complexity index is 556. The molecule has 0 amide bonds. The maximum atomic E-state index is 12.4. The fourth-order valence-corrected chi connectivity index (χ4v) is 6.07. The van der Waals surface area contributed by atoms with Crippen LogP contribution in [0.15, 0.2) is 14.1 Å². The largest absolute Gasteiger partial charge is 0.302 e. The summed E-state index contributed by atoms with van der Waals surface area (Å²) in [5, 5.41) is 0. The van der Waals surface area contributed by atoms with Crippen LogP contribution in [0.5, 0.6) is 0 Å². The predicted molar refractivity (Wildman–Crippen MR) is 86.8 cm³/mol. The molecule has 0 saturated heterocycles. The maximum Gasteiger partial charge on any atom is 0.250 e. The lowest BCUT2D eigenvalue weighted by Gasteiger charge is -2.36. The third-order valence-corrected chi connectivity index (χ3v) is 8.19. The highest BCUT2D eigenvalue weighted by atomic mass is 79.9. The van der Waals surface area contributed by atoms with E-state index in [4.69, 9.17) is 0 Å². The zero-order valence-corrected chi connectivity index (χ0v) is 15.3. The summed E-state index contributed by atoms with van der Waals surface area (Å²) in [6.07, 6.45) is 4.44. The van der Waals surface area contributed by atoms with Crippen molar-refractivity contribution in [3.05, 3.63) is 15.4 Å². The van der Waals surface area contributed by atoms with Crippen LogP contribution in [0.4, 0.5) is 0 Å². The molecule has 2 rings (SSSR count). The Balaban J connectivity index is 2.13. The molecule has 1 saturated carbocycles. The van der Waals surface area contributed by atoms with Gasteiger partial charge in [0.25, 0.3) is 0 Å². The van der Waals surface area contributed by atoms with E-state index in [1.54, 1.807) is 6.07 Å². The molecule has 0 aliphatic heterocycles. The van der Waals surface area contributed by atoms with Crippen LogP contribution in [-0.4, -0.2) is 39.5 Å². The Morgan fingerprint density at radius 3 is 2.45 bits per heavy atom. The molecule has 1 N–H and O–H groups in total. The maximum absolute atomic E-state index is 12.4. The van der Waals surface area contributed by atoms with E-state index in [2.05, 4.69) is 25.6 Å². The second kappa shape index (κ2) is 6.04. The van der Waals surface area contributed by atoms with Gasteiger partial charge >= 0.3 is 0 Å². The first kappa shape index (κ1) is 16.4. The molecular formula is C13H21BrN2O2S2. The molecule has 4 nitrogen and oxygen atoms in total. The minimum absolute atomic E-state index is 0.0311. The number of sulfonamides is 1. The zero-order valence-electron chi connectivity index (χ0n) is 12.1. The van der Waals surface area contributed by atoms with Crippen LogP contribution in [-0.2, 0) is 10.0 Å². The minimum Gasteiger partial charge on any atom is -0.302 e. The van der Waals surface area contributed by atoms with Gasteiger partial charge in [0.05, 0.1) is 3.79 Å². The first-order valence-electron chi connectivity index (χ1n) is 6.70. The van der Waals surface area contributed by atoms with Crippen LogP contribution in [0.2, 0.25) is 0 Å². The van der Waals surface area contributed by atoms with Gasteiger partial charge in [0, 0.05) is 12.1 Å². The molecule has 1 aliphatic rings. The lowest BCUT2D eigenvalue weighted by molar-refractivity contribution is 0.162. The molecule has 0 radical (unpaired) electrons. The van der Waals surface area contributed by atoms with Gasteiger partial charge in [-0.15, -0.1) is 11.3 Å². The summed E-state index contributed by atoms with van der Waals surface area (Å²) in [4.78, 5) is 2.16. The van der Waals surface area contributed by atoms with Crippen LogP contribution < -0.4 is 4.72 Å². The van der Waals surface area contributed by atoms with Crippen LogP contribution in [0.3, 0.4) is 0 Å². The van der Waals surface area contributed by atoms with Gasteiger partial charge in [-0.3, -0.25) is 0 Å². The number of hydrogen-bond acceptors (Lipinski definition) is 4. The first-order chi connectivity index (χ1) is 9.27. The number of thiophene rings is 1. The SMILES string of the molecule is Cc1cc(S(=O)(=O)NCC2(N(C)C)CCCC2)sc1Br. The van der Waals surface area contributed by atoms with Crippen molar-refractivity contribution in [3.8, 4) is 0 Å². The third-order valence-electron chi connectivity index (χ3n) is 4.17. The average molecular weight is 381 g/mol. The van der Waals surface area contributed by atoms with E-state index in [0.29, 0.717) is 10.8 Å². The van der Waals surface area contributed by atoms with Crippen LogP contribution in [0.1, 0.15) is 31.2 Å². The molecule has 1 fully saturated rings.